The third-order valence-electron chi connectivity index (χ3n) is 2.55. The molecule has 2 aromatic rings. The Morgan fingerprint density at radius 2 is 1.72 bits per heavy atom. The standard InChI is InChI=1S/C15H12N2O/c16-11-13-7-5-4-6-12(13)10-15(18)17-14-8-2-1-3-9-14/h1-9H,10H2,(H,17,18). The van der Waals surface area contributed by atoms with Gasteiger partial charge in [-0.05, 0) is 23.8 Å². The minimum Gasteiger partial charge on any atom is -0.326 e. The van der Waals surface area contributed by atoms with Crippen LogP contribution in [-0.4, -0.2) is 5.91 Å². The maximum atomic E-state index is 11.8. The first-order valence-corrected chi connectivity index (χ1v) is 5.62. The number of anilines is 1. The second-order valence-corrected chi connectivity index (χ2v) is 3.86. The Hall–Kier alpha value is -2.60. The van der Waals surface area contributed by atoms with Gasteiger partial charge < -0.3 is 5.32 Å². The number of para-hydroxylation sites is 1. The molecule has 2 rings (SSSR count). The van der Waals surface area contributed by atoms with E-state index in [0.717, 1.165) is 11.3 Å². The summed E-state index contributed by atoms with van der Waals surface area (Å²) in [5.74, 6) is -0.121. The van der Waals surface area contributed by atoms with E-state index < -0.39 is 0 Å². The van der Waals surface area contributed by atoms with E-state index in [1.54, 1.807) is 18.2 Å². The number of nitriles is 1. The first kappa shape index (κ1) is 11.9. The van der Waals surface area contributed by atoms with Crippen molar-refractivity contribution in [1.82, 2.24) is 0 Å². The number of rotatable bonds is 3. The van der Waals surface area contributed by atoms with Crippen molar-refractivity contribution in [2.24, 2.45) is 0 Å². The molecule has 0 radical (unpaired) electrons. The molecular formula is C15H12N2O. The summed E-state index contributed by atoms with van der Waals surface area (Å²) in [5.41, 5.74) is 2.05. The van der Waals surface area contributed by atoms with E-state index in [4.69, 9.17) is 5.26 Å². The normalized spacial score (nSPS) is 9.50. The lowest BCUT2D eigenvalue weighted by Crippen LogP contribution is -2.14. The number of benzene rings is 2. The van der Waals surface area contributed by atoms with Crippen LogP contribution in [0.1, 0.15) is 11.1 Å². The van der Waals surface area contributed by atoms with E-state index in [-0.39, 0.29) is 12.3 Å². The SMILES string of the molecule is N#Cc1ccccc1CC(=O)Nc1ccccc1. The number of nitrogens with one attached hydrogen (secondary N) is 1. The van der Waals surface area contributed by atoms with Crippen LogP contribution in [0.25, 0.3) is 0 Å². The van der Waals surface area contributed by atoms with Gasteiger partial charge in [0.1, 0.15) is 0 Å². The van der Waals surface area contributed by atoms with Gasteiger partial charge in [0.15, 0.2) is 0 Å². The monoisotopic (exact) mass is 236 g/mol. The number of carbonyl (C=O) groups is 1. The van der Waals surface area contributed by atoms with E-state index in [1.807, 2.05) is 36.4 Å². The van der Waals surface area contributed by atoms with Crippen LogP contribution in [0.4, 0.5) is 5.69 Å². The summed E-state index contributed by atoms with van der Waals surface area (Å²) >= 11 is 0. The third kappa shape index (κ3) is 2.96. The molecule has 1 N–H and O–H groups in total. The topological polar surface area (TPSA) is 52.9 Å². The molecule has 0 heterocycles. The van der Waals surface area contributed by atoms with Crippen LogP contribution in [0.15, 0.2) is 54.6 Å². The fourth-order valence-corrected chi connectivity index (χ4v) is 1.68. The quantitative estimate of drug-likeness (QED) is 0.890. The van der Waals surface area contributed by atoms with Crippen molar-refractivity contribution in [2.45, 2.75) is 6.42 Å². The molecule has 18 heavy (non-hydrogen) atoms. The Labute approximate surface area is 106 Å². The second kappa shape index (κ2) is 5.65. The van der Waals surface area contributed by atoms with Gasteiger partial charge in [-0.25, -0.2) is 0 Å². The summed E-state index contributed by atoms with van der Waals surface area (Å²) in [6, 6.07) is 18.5. The van der Waals surface area contributed by atoms with Crippen molar-refractivity contribution >= 4 is 11.6 Å². The Bertz CT molecular complexity index is 585. The van der Waals surface area contributed by atoms with E-state index in [1.165, 1.54) is 0 Å². The van der Waals surface area contributed by atoms with Gasteiger partial charge in [0.25, 0.3) is 0 Å². The molecule has 88 valence electrons. The summed E-state index contributed by atoms with van der Waals surface area (Å²) in [6.45, 7) is 0. The molecule has 0 saturated heterocycles. The molecule has 0 aliphatic carbocycles. The molecule has 0 unspecified atom stereocenters. The van der Waals surface area contributed by atoms with Gasteiger partial charge in [-0.1, -0.05) is 36.4 Å². The Morgan fingerprint density at radius 1 is 1.06 bits per heavy atom. The number of hydrogen-bond donors (Lipinski definition) is 1. The van der Waals surface area contributed by atoms with Crippen LogP contribution in [0.3, 0.4) is 0 Å². The molecule has 0 aliphatic heterocycles. The lowest BCUT2D eigenvalue weighted by atomic mass is 10.1. The molecule has 2 aromatic carbocycles. The molecule has 0 fully saturated rings. The van der Waals surface area contributed by atoms with Crippen molar-refractivity contribution < 1.29 is 4.79 Å². The second-order valence-electron chi connectivity index (χ2n) is 3.86. The summed E-state index contributed by atoms with van der Waals surface area (Å²) in [7, 11) is 0. The molecule has 3 heteroatoms. The van der Waals surface area contributed by atoms with Gasteiger partial charge in [-0.3, -0.25) is 4.79 Å². The molecular weight excluding hydrogens is 224 g/mol. The highest BCUT2D eigenvalue weighted by Crippen LogP contribution is 2.10. The van der Waals surface area contributed by atoms with Crippen LogP contribution in [0, 0.1) is 11.3 Å². The largest absolute Gasteiger partial charge is 0.326 e. The van der Waals surface area contributed by atoms with E-state index in [2.05, 4.69) is 11.4 Å². The van der Waals surface area contributed by atoms with E-state index in [0.29, 0.717) is 5.56 Å². The van der Waals surface area contributed by atoms with Gasteiger partial charge in [-0.2, -0.15) is 5.26 Å². The van der Waals surface area contributed by atoms with Crippen molar-refractivity contribution in [1.29, 1.82) is 5.26 Å². The molecule has 0 bridgehead atoms. The van der Waals surface area contributed by atoms with Gasteiger partial charge >= 0.3 is 0 Å². The number of carbonyl (C=O) groups excluding carboxylic acids is 1. The summed E-state index contributed by atoms with van der Waals surface area (Å²) in [6.07, 6.45) is 0.207. The van der Waals surface area contributed by atoms with Crippen molar-refractivity contribution in [3.8, 4) is 6.07 Å². The lowest BCUT2D eigenvalue weighted by Gasteiger charge is -2.06. The Kier molecular flexibility index (Phi) is 3.72. The lowest BCUT2D eigenvalue weighted by molar-refractivity contribution is -0.115. The smallest absolute Gasteiger partial charge is 0.228 e. The van der Waals surface area contributed by atoms with Crippen LogP contribution < -0.4 is 5.32 Å². The zero-order valence-corrected chi connectivity index (χ0v) is 9.76. The maximum Gasteiger partial charge on any atom is 0.228 e. The highest BCUT2D eigenvalue weighted by molar-refractivity contribution is 5.92. The maximum absolute atomic E-state index is 11.8. The molecule has 0 spiro atoms. The first-order chi connectivity index (χ1) is 8.79. The first-order valence-electron chi connectivity index (χ1n) is 5.62. The highest BCUT2D eigenvalue weighted by Gasteiger charge is 2.07. The predicted molar refractivity (Wildman–Crippen MR) is 69.9 cm³/mol. The molecule has 0 atom stereocenters. The average Bonchev–Trinajstić information content (AvgIpc) is 2.40. The molecule has 3 nitrogen and oxygen atoms in total. The van der Waals surface area contributed by atoms with Crippen LogP contribution in [0.2, 0.25) is 0 Å². The Morgan fingerprint density at radius 3 is 2.44 bits per heavy atom. The summed E-state index contributed by atoms with van der Waals surface area (Å²) < 4.78 is 0. The zero-order chi connectivity index (χ0) is 12.8. The fourth-order valence-electron chi connectivity index (χ4n) is 1.68. The number of amides is 1. The molecule has 1 amide bonds. The van der Waals surface area contributed by atoms with Gasteiger partial charge in [-0.15, -0.1) is 0 Å². The Balaban J connectivity index is 2.06. The van der Waals surface area contributed by atoms with E-state index >= 15 is 0 Å². The van der Waals surface area contributed by atoms with Crippen LogP contribution in [0.5, 0.6) is 0 Å². The molecule has 0 aromatic heterocycles. The summed E-state index contributed by atoms with van der Waals surface area (Å²) in [4.78, 5) is 11.8. The highest BCUT2D eigenvalue weighted by atomic mass is 16.1. The zero-order valence-electron chi connectivity index (χ0n) is 9.76. The molecule has 0 saturated carbocycles. The summed E-state index contributed by atoms with van der Waals surface area (Å²) in [5, 5.41) is 11.7. The third-order valence-corrected chi connectivity index (χ3v) is 2.55. The van der Waals surface area contributed by atoms with Crippen LogP contribution in [-0.2, 0) is 11.2 Å². The average molecular weight is 236 g/mol. The van der Waals surface area contributed by atoms with Gasteiger partial charge in [0.2, 0.25) is 5.91 Å². The van der Waals surface area contributed by atoms with Crippen molar-refractivity contribution in [3.05, 3.63) is 65.7 Å². The fraction of sp³-hybridized carbons (Fsp3) is 0.0667. The van der Waals surface area contributed by atoms with Crippen LogP contribution >= 0.6 is 0 Å². The van der Waals surface area contributed by atoms with Crippen molar-refractivity contribution in [2.75, 3.05) is 5.32 Å². The van der Waals surface area contributed by atoms with Crippen molar-refractivity contribution in [3.63, 3.8) is 0 Å². The van der Waals surface area contributed by atoms with E-state index in [9.17, 15) is 4.79 Å². The minimum absolute atomic E-state index is 0.121. The molecule has 0 aliphatic rings. The number of hydrogen-bond acceptors (Lipinski definition) is 2. The predicted octanol–water partition coefficient (Wildman–Crippen LogP) is 2.74. The van der Waals surface area contributed by atoms with Gasteiger partial charge in [0.05, 0.1) is 18.1 Å². The number of nitrogens with zero attached hydrogens (tertiary/aromatic N) is 1. The van der Waals surface area contributed by atoms with Gasteiger partial charge in [0, 0.05) is 5.69 Å². The minimum atomic E-state index is -0.121.